The molecular weight excluding hydrogens is 907 g/mol. The van der Waals surface area contributed by atoms with Gasteiger partial charge in [-0.3, -0.25) is 14.9 Å². The lowest BCUT2D eigenvalue weighted by atomic mass is 9.46. The van der Waals surface area contributed by atoms with Crippen molar-refractivity contribution in [1.29, 1.82) is 0 Å². The second-order valence-electron chi connectivity index (χ2n) is 21.8. The quantitative estimate of drug-likeness (QED) is 0.0483. The van der Waals surface area contributed by atoms with Crippen LogP contribution in [-0.4, -0.2) is 117 Å². The molecule has 384 valence electrons. The van der Waals surface area contributed by atoms with Gasteiger partial charge in [0.1, 0.15) is 29.3 Å². The first-order chi connectivity index (χ1) is 33.1. The van der Waals surface area contributed by atoms with Gasteiger partial charge in [0.15, 0.2) is 24.8 Å². The number of aliphatic hydroxyl groups is 4. The second-order valence-corrected chi connectivity index (χ2v) is 21.8. The number of Topliss-reactive ketones (excluding diaryl/α,β-unsaturated/α-hetero) is 1. The summed E-state index contributed by atoms with van der Waals surface area (Å²) in [6.07, 6.45) is -3.85. The Morgan fingerprint density at radius 3 is 2.20 bits per heavy atom. The molecule has 4 N–H and O–H groups in total. The molecule has 6 aliphatic rings. The molecule has 2 aromatic rings. The topological polar surface area (TPSA) is 240 Å². The summed E-state index contributed by atoms with van der Waals surface area (Å²) in [5, 5.41) is 58.1. The van der Waals surface area contributed by atoms with E-state index in [0.717, 1.165) is 43.4 Å². The van der Waals surface area contributed by atoms with E-state index in [1.54, 1.807) is 31.2 Å². The number of nitro groups is 1. The van der Waals surface area contributed by atoms with Crippen molar-refractivity contribution in [2.75, 3.05) is 13.2 Å². The van der Waals surface area contributed by atoms with Gasteiger partial charge in [0.25, 0.3) is 5.69 Å². The van der Waals surface area contributed by atoms with Crippen LogP contribution in [0.4, 0.5) is 10.5 Å². The average Bonchev–Trinajstić information content (AvgIpc) is 3.55. The minimum absolute atomic E-state index is 0.00493. The second kappa shape index (κ2) is 20.7. The number of carbonyl (C=O) groups is 3. The maximum Gasteiger partial charge on any atom is 0.514 e. The summed E-state index contributed by atoms with van der Waals surface area (Å²) in [5.74, 6) is -1.69. The Bertz CT molecular complexity index is 2250. The lowest BCUT2D eigenvalue weighted by Crippen LogP contribution is -2.62. The van der Waals surface area contributed by atoms with Gasteiger partial charge in [-0.05, 0) is 112 Å². The van der Waals surface area contributed by atoms with E-state index in [1.165, 1.54) is 17.7 Å². The first-order valence-electron chi connectivity index (χ1n) is 25.1. The first-order valence-corrected chi connectivity index (χ1v) is 25.1. The molecule has 17 atom stereocenters. The molecule has 0 spiro atoms. The third kappa shape index (κ3) is 9.93. The molecule has 2 aromatic carbocycles. The molecule has 9 unspecified atom stereocenters. The van der Waals surface area contributed by atoms with Gasteiger partial charge in [0.05, 0.1) is 42.0 Å². The van der Waals surface area contributed by atoms with Crippen LogP contribution in [0.25, 0.3) is 0 Å². The summed E-state index contributed by atoms with van der Waals surface area (Å²) in [6, 6.07) is 11.2. The van der Waals surface area contributed by atoms with E-state index < -0.39 is 95.7 Å². The molecule has 5 fully saturated rings. The van der Waals surface area contributed by atoms with E-state index in [1.807, 2.05) is 13.8 Å². The van der Waals surface area contributed by atoms with Gasteiger partial charge in [-0.1, -0.05) is 70.9 Å². The number of aliphatic hydroxyl groups excluding tert-OH is 3. The normalized spacial score (nSPS) is 38.6. The molecule has 0 bridgehead atoms. The molecule has 17 nitrogen and oxygen atoms in total. The molecule has 70 heavy (non-hydrogen) atoms. The number of ketones is 1. The zero-order valence-electron chi connectivity index (χ0n) is 41.3. The monoisotopic (exact) mass is 977 g/mol. The van der Waals surface area contributed by atoms with Gasteiger partial charge in [-0.2, -0.15) is 0 Å². The predicted octanol–water partition coefficient (Wildman–Crippen LogP) is 7.16. The van der Waals surface area contributed by atoms with Crippen LogP contribution in [0, 0.1) is 63.4 Å². The highest BCUT2D eigenvalue weighted by molar-refractivity contribution is 5.89. The van der Waals surface area contributed by atoms with Gasteiger partial charge in [0.2, 0.25) is 0 Å². The van der Waals surface area contributed by atoms with Crippen LogP contribution in [0.2, 0.25) is 0 Å². The molecule has 0 radical (unpaired) electrons. The Hall–Kier alpha value is -4.33. The highest BCUT2D eigenvalue weighted by atomic mass is 16.8. The zero-order chi connectivity index (χ0) is 50.4. The Balaban J connectivity index is 1.05. The van der Waals surface area contributed by atoms with Crippen LogP contribution >= 0.6 is 0 Å². The lowest BCUT2D eigenvalue weighted by molar-refractivity contribution is -0.384. The number of hydrogen-bond acceptors (Lipinski definition) is 16. The summed E-state index contributed by atoms with van der Waals surface area (Å²) in [7, 11) is 0. The van der Waals surface area contributed by atoms with Crippen LogP contribution in [-0.2, 0) is 33.2 Å². The molecule has 0 aromatic heterocycles. The van der Waals surface area contributed by atoms with Gasteiger partial charge in [-0.25, -0.2) is 9.59 Å². The molecule has 2 saturated heterocycles. The third-order valence-corrected chi connectivity index (χ3v) is 17.2. The first kappa shape index (κ1) is 52.0. The summed E-state index contributed by atoms with van der Waals surface area (Å²) in [4.78, 5) is 51.7. The van der Waals surface area contributed by atoms with Crippen molar-refractivity contribution in [1.82, 2.24) is 0 Å². The summed E-state index contributed by atoms with van der Waals surface area (Å²) in [6.45, 7) is 13.3. The number of esters is 1. The van der Waals surface area contributed by atoms with Gasteiger partial charge >= 0.3 is 12.1 Å². The lowest BCUT2D eigenvalue weighted by Gasteiger charge is -2.59. The smallest absolute Gasteiger partial charge is 0.449 e. The van der Waals surface area contributed by atoms with Crippen LogP contribution in [0.15, 0.2) is 60.2 Å². The largest absolute Gasteiger partial charge is 0.514 e. The van der Waals surface area contributed by atoms with E-state index in [9.17, 15) is 44.9 Å². The number of aryl methyl sites for hydroxylation is 1. The molecule has 17 heteroatoms. The Morgan fingerprint density at radius 2 is 1.53 bits per heavy atom. The van der Waals surface area contributed by atoms with Crippen molar-refractivity contribution in [3.05, 3.63) is 81.4 Å². The minimum Gasteiger partial charge on any atom is -0.449 e. The van der Waals surface area contributed by atoms with E-state index in [4.69, 9.17) is 33.2 Å². The Kier molecular flexibility index (Phi) is 15.3. The zero-order valence-corrected chi connectivity index (χ0v) is 41.3. The number of ether oxygens (including phenoxy) is 7. The predicted molar refractivity (Wildman–Crippen MR) is 251 cm³/mol. The maximum absolute atomic E-state index is 14.2. The van der Waals surface area contributed by atoms with Crippen molar-refractivity contribution in [2.24, 2.45) is 46.3 Å². The molecule has 0 amide bonds. The van der Waals surface area contributed by atoms with Crippen molar-refractivity contribution in [3.63, 3.8) is 0 Å². The molecule has 2 heterocycles. The van der Waals surface area contributed by atoms with Crippen molar-refractivity contribution >= 4 is 23.6 Å². The van der Waals surface area contributed by atoms with Gasteiger partial charge in [-0.15, -0.1) is 0 Å². The highest BCUT2D eigenvalue weighted by Crippen LogP contribution is 2.69. The number of fused-ring (bicyclic) bond motifs is 5. The number of nitro benzene ring substituents is 1. The fourth-order valence-electron chi connectivity index (χ4n) is 13.0. The van der Waals surface area contributed by atoms with E-state index in [0.29, 0.717) is 43.9 Å². The Labute approximate surface area is 409 Å². The SMILES string of the molecule is Cc1ccc(C(=O)OC2C(OC3C(O)COC(O[C@H]4C[C@H]5[C@@H]6CC=C7C[C@@H](O)CC[C@]7(C)C6CC[C@]5(C)[C@@]4(O)[C@H](C)C(=O)CCC(C)C)C3C)OCC(O)C2OC(=O)Oc2ccc([N+](=O)[O-])cc2)cc1. The standard InChI is InChI=1S/C53H71NO16/c1-28(2)8-19-40(56)31(5)53(61)43(25-39-37-18-13-33-24-35(55)20-22-51(33,6)38(37)21-23-52(39,53)7)67-48-30(4)44(41(57)26-64-48)69-49-46(68-47(59)32-11-9-29(3)10-12-32)45(42(58)27-65-49)70-50(60)66-36-16-14-34(15-17-36)54(62)63/h9-17,28,30-31,35,37-39,41-46,48-49,55,57-58,61H,8,18-27H2,1-7H3/t30?,31-,35+,37-,38?,39+,41?,42?,43+,44?,45?,46?,48?,49?,51+,52+,53-/m1/s1. The van der Waals surface area contributed by atoms with Crippen molar-refractivity contribution in [3.8, 4) is 5.75 Å². The number of benzene rings is 2. The minimum atomic E-state index is -1.63. The maximum atomic E-state index is 14.2. The van der Waals surface area contributed by atoms with Crippen LogP contribution in [0.1, 0.15) is 115 Å². The van der Waals surface area contributed by atoms with Crippen LogP contribution < -0.4 is 4.74 Å². The number of carbonyl (C=O) groups excluding carboxylic acids is 3. The summed E-state index contributed by atoms with van der Waals surface area (Å²) < 4.78 is 42.5. The fraction of sp³-hybridized carbons (Fsp3) is 0.679. The molecule has 2 aliphatic heterocycles. The van der Waals surface area contributed by atoms with Gasteiger partial charge < -0.3 is 53.6 Å². The summed E-state index contributed by atoms with van der Waals surface area (Å²) in [5.41, 5.74) is -0.250. The average molecular weight is 978 g/mol. The van der Waals surface area contributed by atoms with Gasteiger partial charge in [0, 0.05) is 35.8 Å². The molecule has 3 saturated carbocycles. The number of hydrogen-bond donors (Lipinski definition) is 4. The molecule has 8 rings (SSSR count). The van der Waals surface area contributed by atoms with E-state index >= 15 is 0 Å². The number of non-ortho nitro benzene ring substituents is 1. The number of nitrogens with zero attached hydrogens (tertiary/aromatic N) is 1. The number of allylic oxidation sites excluding steroid dienone is 1. The summed E-state index contributed by atoms with van der Waals surface area (Å²) >= 11 is 0. The molecule has 4 aliphatic carbocycles. The molecular formula is C53H71NO16. The van der Waals surface area contributed by atoms with Crippen molar-refractivity contribution in [2.45, 2.75) is 167 Å². The van der Waals surface area contributed by atoms with E-state index in [2.05, 4.69) is 33.8 Å². The fourth-order valence-corrected chi connectivity index (χ4v) is 13.0. The third-order valence-electron chi connectivity index (χ3n) is 17.2. The Morgan fingerprint density at radius 1 is 0.857 bits per heavy atom. The number of rotatable bonds is 14. The van der Waals surface area contributed by atoms with E-state index in [-0.39, 0.29) is 52.7 Å². The van der Waals surface area contributed by atoms with Crippen LogP contribution in [0.3, 0.4) is 0 Å². The highest BCUT2D eigenvalue weighted by Gasteiger charge is 2.70. The van der Waals surface area contributed by atoms with Crippen LogP contribution in [0.5, 0.6) is 5.75 Å². The van der Waals surface area contributed by atoms with Crippen molar-refractivity contribution < 1.29 is 72.9 Å².